The van der Waals surface area contributed by atoms with Crippen molar-refractivity contribution in [3.05, 3.63) is 54.2 Å². The normalized spacial score (nSPS) is 15.8. The van der Waals surface area contributed by atoms with Crippen LogP contribution in [0.1, 0.15) is 5.56 Å². The predicted octanol–water partition coefficient (Wildman–Crippen LogP) is 2.29. The van der Waals surface area contributed by atoms with E-state index in [4.69, 9.17) is 9.47 Å². The van der Waals surface area contributed by atoms with E-state index in [1.807, 2.05) is 30.5 Å². The number of imide groups is 1. The number of nitrogens with zero attached hydrogens (tertiary/aromatic N) is 1. The van der Waals surface area contributed by atoms with Crippen LogP contribution in [0.15, 0.2) is 48.7 Å². The maximum atomic E-state index is 12.8. The van der Waals surface area contributed by atoms with Gasteiger partial charge in [0, 0.05) is 29.6 Å². The van der Waals surface area contributed by atoms with Crippen molar-refractivity contribution in [1.82, 2.24) is 15.2 Å². The van der Waals surface area contributed by atoms with Gasteiger partial charge in [0.2, 0.25) is 5.91 Å². The quantitative estimate of drug-likeness (QED) is 0.506. The van der Waals surface area contributed by atoms with Gasteiger partial charge in [-0.1, -0.05) is 18.2 Å². The fourth-order valence-corrected chi connectivity index (χ4v) is 3.63. The summed E-state index contributed by atoms with van der Waals surface area (Å²) in [6.45, 7) is -0.407. The Morgan fingerprint density at radius 2 is 1.94 bits per heavy atom. The first kappa shape index (κ1) is 20.3. The molecule has 31 heavy (non-hydrogen) atoms. The smallest absolute Gasteiger partial charge is 0.325 e. The highest BCUT2D eigenvalue weighted by molar-refractivity contribution is 6.08. The van der Waals surface area contributed by atoms with Crippen LogP contribution in [0.4, 0.5) is 10.5 Å². The van der Waals surface area contributed by atoms with Gasteiger partial charge in [0.25, 0.3) is 5.91 Å². The first-order chi connectivity index (χ1) is 15.0. The van der Waals surface area contributed by atoms with Gasteiger partial charge in [-0.3, -0.25) is 14.5 Å². The number of H-pyrrole nitrogens is 1. The zero-order valence-corrected chi connectivity index (χ0v) is 17.1. The lowest BCUT2D eigenvalue weighted by atomic mass is 10.1. The van der Waals surface area contributed by atoms with Crippen molar-refractivity contribution in [2.75, 3.05) is 26.1 Å². The van der Waals surface area contributed by atoms with E-state index in [9.17, 15) is 14.4 Å². The number of carbonyl (C=O) groups is 3. The molecule has 0 radical (unpaired) electrons. The Kier molecular flexibility index (Phi) is 5.48. The number of amides is 4. The zero-order chi connectivity index (χ0) is 22.0. The second-order valence-electron chi connectivity index (χ2n) is 7.10. The molecule has 1 aliphatic heterocycles. The number of ether oxygens (including phenoxy) is 2. The molecule has 0 bridgehead atoms. The molecule has 9 heteroatoms. The first-order valence-corrected chi connectivity index (χ1v) is 9.69. The third kappa shape index (κ3) is 4.02. The Balaban J connectivity index is 1.44. The van der Waals surface area contributed by atoms with Gasteiger partial charge in [-0.05, 0) is 23.8 Å². The fourth-order valence-electron chi connectivity index (χ4n) is 3.63. The number of aromatic nitrogens is 1. The van der Waals surface area contributed by atoms with Crippen molar-refractivity contribution in [2.45, 2.75) is 12.5 Å². The molecule has 1 atom stereocenters. The number of hydrogen-bond donors (Lipinski definition) is 3. The maximum absolute atomic E-state index is 12.8. The van der Waals surface area contributed by atoms with Crippen LogP contribution < -0.4 is 20.1 Å². The summed E-state index contributed by atoms with van der Waals surface area (Å²) >= 11 is 0. The number of urea groups is 1. The number of methoxy groups -OCH3 is 2. The highest BCUT2D eigenvalue weighted by Gasteiger charge is 2.39. The molecule has 2 heterocycles. The molecule has 160 valence electrons. The minimum atomic E-state index is -0.731. The number of aromatic amines is 1. The second-order valence-corrected chi connectivity index (χ2v) is 7.10. The summed E-state index contributed by atoms with van der Waals surface area (Å²) in [5, 5.41) is 6.32. The number of anilines is 1. The van der Waals surface area contributed by atoms with E-state index < -0.39 is 30.4 Å². The van der Waals surface area contributed by atoms with Crippen LogP contribution in [-0.2, 0) is 16.0 Å². The third-order valence-electron chi connectivity index (χ3n) is 5.19. The van der Waals surface area contributed by atoms with E-state index in [1.54, 1.807) is 18.2 Å². The molecular formula is C22H22N4O5. The molecule has 4 rings (SSSR count). The monoisotopic (exact) mass is 422 g/mol. The van der Waals surface area contributed by atoms with Crippen LogP contribution in [0.25, 0.3) is 10.9 Å². The van der Waals surface area contributed by atoms with Gasteiger partial charge in [0.05, 0.1) is 19.9 Å². The zero-order valence-electron chi connectivity index (χ0n) is 17.1. The number of carbonyl (C=O) groups excluding carboxylic acids is 3. The SMILES string of the molecule is COc1ccc(OC)c(NC(=O)CN2C(=O)N[C@H](Cc3c[nH]c4ccccc34)C2=O)c1. The van der Waals surface area contributed by atoms with Gasteiger partial charge in [0.1, 0.15) is 24.1 Å². The molecular weight excluding hydrogens is 400 g/mol. The van der Waals surface area contributed by atoms with E-state index in [0.717, 1.165) is 21.4 Å². The van der Waals surface area contributed by atoms with Gasteiger partial charge in [-0.15, -0.1) is 0 Å². The Morgan fingerprint density at radius 3 is 2.71 bits per heavy atom. The Hall–Kier alpha value is -4.01. The summed E-state index contributed by atoms with van der Waals surface area (Å²) in [5.74, 6) is -0.000664. The van der Waals surface area contributed by atoms with Gasteiger partial charge in [0.15, 0.2) is 0 Å². The summed E-state index contributed by atoms with van der Waals surface area (Å²) in [7, 11) is 2.98. The van der Waals surface area contributed by atoms with E-state index >= 15 is 0 Å². The molecule has 1 aromatic heterocycles. The summed E-state index contributed by atoms with van der Waals surface area (Å²) in [6, 6.07) is 11.4. The van der Waals surface area contributed by atoms with Crippen molar-refractivity contribution in [3.63, 3.8) is 0 Å². The van der Waals surface area contributed by atoms with Crippen LogP contribution in [0, 0.1) is 0 Å². The van der Waals surface area contributed by atoms with Crippen LogP contribution in [0.5, 0.6) is 11.5 Å². The molecule has 1 saturated heterocycles. The number of fused-ring (bicyclic) bond motifs is 1. The van der Waals surface area contributed by atoms with E-state index in [1.165, 1.54) is 14.2 Å². The maximum Gasteiger partial charge on any atom is 0.325 e. The number of hydrogen-bond acceptors (Lipinski definition) is 5. The van der Waals surface area contributed by atoms with Gasteiger partial charge < -0.3 is 25.1 Å². The highest BCUT2D eigenvalue weighted by Crippen LogP contribution is 2.29. The lowest BCUT2D eigenvalue weighted by molar-refractivity contribution is -0.130. The average Bonchev–Trinajstić information content (AvgIpc) is 3.30. The lowest BCUT2D eigenvalue weighted by Gasteiger charge is -2.15. The molecule has 3 N–H and O–H groups in total. The summed E-state index contributed by atoms with van der Waals surface area (Å²) in [4.78, 5) is 41.8. The van der Waals surface area contributed by atoms with Crippen molar-refractivity contribution < 1.29 is 23.9 Å². The molecule has 0 aliphatic carbocycles. The fraction of sp³-hybridized carbons (Fsp3) is 0.227. The number of para-hydroxylation sites is 1. The van der Waals surface area contributed by atoms with Crippen LogP contribution >= 0.6 is 0 Å². The molecule has 9 nitrogen and oxygen atoms in total. The van der Waals surface area contributed by atoms with E-state index in [-0.39, 0.29) is 0 Å². The highest BCUT2D eigenvalue weighted by atomic mass is 16.5. The molecule has 4 amide bonds. The summed E-state index contributed by atoms with van der Waals surface area (Å²) < 4.78 is 10.4. The van der Waals surface area contributed by atoms with Gasteiger partial charge in [-0.2, -0.15) is 0 Å². The van der Waals surface area contributed by atoms with E-state index in [2.05, 4.69) is 15.6 Å². The lowest BCUT2D eigenvalue weighted by Crippen LogP contribution is -2.38. The third-order valence-corrected chi connectivity index (χ3v) is 5.19. The summed E-state index contributed by atoms with van der Waals surface area (Å²) in [6.07, 6.45) is 2.16. The second kappa shape index (κ2) is 8.39. The molecule has 1 aliphatic rings. The number of nitrogens with one attached hydrogen (secondary N) is 3. The van der Waals surface area contributed by atoms with Crippen LogP contribution in [0.3, 0.4) is 0 Å². The Morgan fingerprint density at radius 1 is 1.13 bits per heavy atom. The molecule has 0 unspecified atom stereocenters. The van der Waals surface area contributed by atoms with Crippen molar-refractivity contribution in [1.29, 1.82) is 0 Å². The molecule has 0 saturated carbocycles. The predicted molar refractivity (Wildman–Crippen MR) is 114 cm³/mol. The van der Waals surface area contributed by atoms with Crippen molar-refractivity contribution in [2.24, 2.45) is 0 Å². The Bertz CT molecular complexity index is 1160. The molecule has 1 fully saturated rings. The number of benzene rings is 2. The van der Waals surface area contributed by atoms with Gasteiger partial charge in [-0.25, -0.2) is 4.79 Å². The minimum Gasteiger partial charge on any atom is -0.497 e. The van der Waals surface area contributed by atoms with Crippen molar-refractivity contribution in [3.8, 4) is 11.5 Å². The van der Waals surface area contributed by atoms with Crippen LogP contribution in [0.2, 0.25) is 0 Å². The van der Waals surface area contributed by atoms with E-state index in [0.29, 0.717) is 23.6 Å². The summed E-state index contributed by atoms with van der Waals surface area (Å²) in [5.41, 5.74) is 2.26. The minimum absolute atomic E-state index is 0.330. The molecule has 3 aromatic rings. The topological polar surface area (TPSA) is 113 Å². The molecule has 0 spiro atoms. The Labute approximate surface area is 178 Å². The van der Waals surface area contributed by atoms with Crippen LogP contribution in [-0.4, -0.2) is 54.5 Å². The largest absolute Gasteiger partial charge is 0.497 e. The number of rotatable bonds is 7. The molecule has 2 aromatic carbocycles. The van der Waals surface area contributed by atoms with Gasteiger partial charge >= 0.3 is 6.03 Å². The standard InChI is InChI=1S/C22H22N4O5/c1-30-14-7-8-19(31-2)17(10-14)24-20(27)12-26-21(28)18(25-22(26)29)9-13-11-23-16-6-4-3-5-15(13)16/h3-8,10-11,18,23H,9,12H2,1-2H3,(H,24,27)(H,25,29)/t18-/m1/s1. The van der Waals surface area contributed by atoms with Crippen molar-refractivity contribution >= 4 is 34.4 Å². The average molecular weight is 422 g/mol. The first-order valence-electron chi connectivity index (χ1n) is 9.69.